The molecule has 2 aromatic heterocycles. The van der Waals surface area contributed by atoms with Crippen LogP contribution in [0.3, 0.4) is 0 Å². The number of aryl methyl sites for hydroxylation is 1. The Morgan fingerprint density at radius 3 is 2.73 bits per heavy atom. The molecule has 3 heterocycles. The molecule has 1 saturated heterocycles. The number of hydrogen-bond acceptors (Lipinski definition) is 7. The van der Waals surface area contributed by atoms with E-state index in [0.29, 0.717) is 31.3 Å². The number of piperazine rings is 1. The first kappa shape index (κ1) is 14.4. The van der Waals surface area contributed by atoms with Crippen molar-refractivity contribution in [1.29, 1.82) is 0 Å². The van der Waals surface area contributed by atoms with Crippen LogP contribution in [0.4, 0.5) is 0 Å². The molecule has 0 radical (unpaired) electrons. The van der Waals surface area contributed by atoms with Crippen LogP contribution >= 0.6 is 0 Å². The Bertz CT molecular complexity index is 696. The molecule has 1 aliphatic heterocycles. The van der Waals surface area contributed by atoms with Crippen LogP contribution in [0.2, 0.25) is 0 Å². The van der Waals surface area contributed by atoms with E-state index in [1.807, 2.05) is 0 Å². The van der Waals surface area contributed by atoms with Gasteiger partial charge in [0.05, 0.1) is 12.7 Å². The zero-order valence-electron chi connectivity index (χ0n) is 12.2. The Kier molecular flexibility index (Phi) is 3.96. The van der Waals surface area contributed by atoms with Crippen LogP contribution in [-0.2, 0) is 6.54 Å². The lowest BCUT2D eigenvalue weighted by molar-refractivity contribution is 0.0618. The number of carbonyl (C=O) groups is 1. The molecule has 0 saturated carbocycles. The molecule has 0 aromatic carbocycles. The molecule has 9 heteroatoms. The summed E-state index contributed by atoms with van der Waals surface area (Å²) in [5.41, 5.74) is -0.0707. The molecular weight excluding hydrogens is 288 g/mol. The van der Waals surface area contributed by atoms with Crippen molar-refractivity contribution in [2.75, 3.05) is 26.2 Å². The highest BCUT2D eigenvalue weighted by Gasteiger charge is 2.23. The van der Waals surface area contributed by atoms with E-state index in [-0.39, 0.29) is 17.2 Å². The molecule has 1 aliphatic rings. The Morgan fingerprint density at radius 1 is 1.36 bits per heavy atom. The SMILES string of the molecule is Cc1nc(CN2CCN(C(=O)c3c[nH]c(=O)cn3)CC2)no1. The van der Waals surface area contributed by atoms with Gasteiger partial charge in [0.2, 0.25) is 5.89 Å². The summed E-state index contributed by atoms with van der Waals surface area (Å²) in [6, 6.07) is 0. The fourth-order valence-electron chi connectivity index (χ4n) is 2.34. The van der Waals surface area contributed by atoms with Gasteiger partial charge in [0.15, 0.2) is 5.82 Å². The van der Waals surface area contributed by atoms with E-state index in [4.69, 9.17) is 4.52 Å². The minimum absolute atomic E-state index is 0.175. The highest BCUT2D eigenvalue weighted by Crippen LogP contribution is 2.08. The van der Waals surface area contributed by atoms with Gasteiger partial charge in [-0.3, -0.25) is 14.5 Å². The van der Waals surface area contributed by atoms with Crippen molar-refractivity contribution in [2.24, 2.45) is 0 Å². The first-order chi connectivity index (χ1) is 10.6. The lowest BCUT2D eigenvalue weighted by atomic mass is 10.2. The second kappa shape index (κ2) is 6.06. The highest BCUT2D eigenvalue weighted by molar-refractivity contribution is 5.92. The van der Waals surface area contributed by atoms with Gasteiger partial charge in [-0.25, -0.2) is 4.98 Å². The predicted octanol–water partition coefficient (Wildman–Crippen LogP) is -0.581. The van der Waals surface area contributed by atoms with E-state index in [9.17, 15) is 9.59 Å². The summed E-state index contributed by atoms with van der Waals surface area (Å²) in [7, 11) is 0. The second-order valence-corrected chi connectivity index (χ2v) is 5.09. The van der Waals surface area contributed by atoms with Crippen LogP contribution in [0.25, 0.3) is 0 Å². The molecule has 0 atom stereocenters. The number of hydrogen-bond donors (Lipinski definition) is 1. The molecular formula is C13H16N6O3. The van der Waals surface area contributed by atoms with Crippen LogP contribution in [0.15, 0.2) is 21.7 Å². The van der Waals surface area contributed by atoms with Crippen molar-refractivity contribution in [2.45, 2.75) is 13.5 Å². The summed E-state index contributed by atoms with van der Waals surface area (Å²) >= 11 is 0. The van der Waals surface area contributed by atoms with Crippen LogP contribution in [0.5, 0.6) is 0 Å². The Hall–Kier alpha value is -2.55. The number of nitrogens with zero attached hydrogens (tertiary/aromatic N) is 5. The average Bonchev–Trinajstić information content (AvgIpc) is 2.93. The maximum atomic E-state index is 12.3. The van der Waals surface area contributed by atoms with Gasteiger partial charge < -0.3 is 14.4 Å². The van der Waals surface area contributed by atoms with Crippen molar-refractivity contribution >= 4 is 5.91 Å². The third-order valence-corrected chi connectivity index (χ3v) is 3.49. The molecule has 2 aromatic rings. The molecule has 1 amide bonds. The third-order valence-electron chi connectivity index (χ3n) is 3.49. The Morgan fingerprint density at radius 2 is 2.14 bits per heavy atom. The van der Waals surface area contributed by atoms with E-state index in [1.165, 1.54) is 6.20 Å². The second-order valence-electron chi connectivity index (χ2n) is 5.09. The standard InChI is InChI=1S/C13H16N6O3/c1-9-16-11(17-22-9)8-18-2-4-19(5-3-18)13(21)10-6-15-12(20)7-14-10/h6-7H,2-5,8H2,1H3,(H,15,20). The fraction of sp³-hybridized carbons (Fsp3) is 0.462. The molecule has 1 N–H and O–H groups in total. The van der Waals surface area contributed by atoms with Crippen molar-refractivity contribution in [3.05, 3.63) is 40.2 Å². The summed E-state index contributed by atoms with van der Waals surface area (Å²) in [4.78, 5) is 37.6. The maximum Gasteiger partial charge on any atom is 0.274 e. The molecule has 0 aliphatic carbocycles. The molecule has 22 heavy (non-hydrogen) atoms. The minimum atomic E-state index is -0.322. The van der Waals surface area contributed by atoms with Gasteiger partial charge in [0.1, 0.15) is 5.69 Å². The number of amides is 1. The van der Waals surface area contributed by atoms with Gasteiger partial charge >= 0.3 is 0 Å². The van der Waals surface area contributed by atoms with Gasteiger partial charge in [-0.1, -0.05) is 5.16 Å². The molecule has 116 valence electrons. The molecule has 3 rings (SSSR count). The maximum absolute atomic E-state index is 12.3. The average molecular weight is 304 g/mol. The third kappa shape index (κ3) is 3.19. The van der Waals surface area contributed by atoms with E-state index in [2.05, 4.69) is 25.0 Å². The molecule has 1 fully saturated rings. The normalized spacial score (nSPS) is 16.0. The van der Waals surface area contributed by atoms with Crippen LogP contribution < -0.4 is 5.56 Å². The summed E-state index contributed by atoms with van der Waals surface area (Å²) < 4.78 is 4.94. The summed E-state index contributed by atoms with van der Waals surface area (Å²) in [5, 5.41) is 3.87. The van der Waals surface area contributed by atoms with Gasteiger partial charge in [-0.2, -0.15) is 4.98 Å². The molecule has 0 spiro atoms. The minimum Gasteiger partial charge on any atom is -0.340 e. The quantitative estimate of drug-likeness (QED) is 0.808. The van der Waals surface area contributed by atoms with Crippen molar-refractivity contribution < 1.29 is 9.32 Å². The van der Waals surface area contributed by atoms with Crippen molar-refractivity contribution in [3.63, 3.8) is 0 Å². The number of carbonyl (C=O) groups excluding carboxylic acids is 1. The number of rotatable bonds is 3. The van der Waals surface area contributed by atoms with E-state index < -0.39 is 0 Å². The van der Waals surface area contributed by atoms with Gasteiger partial charge in [0.25, 0.3) is 11.5 Å². The number of aromatic nitrogens is 4. The summed E-state index contributed by atoms with van der Waals surface area (Å²) in [5.74, 6) is 1.03. The van der Waals surface area contributed by atoms with Crippen molar-refractivity contribution in [3.8, 4) is 0 Å². The van der Waals surface area contributed by atoms with Gasteiger partial charge in [0, 0.05) is 39.3 Å². The number of aromatic amines is 1. The largest absolute Gasteiger partial charge is 0.340 e. The first-order valence-electron chi connectivity index (χ1n) is 6.97. The topological polar surface area (TPSA) is 108 Å². The fourth-order valence-corrected chi connectivity index (χ4v) is 2.34. The smallest absolute Gasteiger partial charge is 0.274 e. The highest BCUT2D eigenvalue weighted by atomic mass is 16.5. The zero-order valence-corrected chi connectivity index (χ0v) is 12.2. The molecule has 0 bridgehead atoms. The monoisotopic (exact) mass is 304 g/mol. The lowest BCUT2D eigenvalue weighted by Crippen LogP contribution is -2.48. The van der Waals surface area contributed by atoms with E-state index in [0.717, 1.165) is 19.3 Å². The van der Waals surface area contributed by atoms with Crippen molar-refractivity contribution in [1.82, 2.24) is 29.9 Å². The van der Waals surface area contributed by atoms with Gasteiger partial charge in [-0.05, 0) is 0 Å². The first-order valence-corrected chi connectivity index (χ1v) is 6.97. The van der Waals surface area contributed by atoms with Crippen LogP contribution in [0, 0.1) is 6.92 Å². The summed E-state index contributed by atoms with van der Waals surface area (Å²) in [6.07, 6.45) is 2.46. The number of nitrogens with one attached hydrogen (secondary N) is 1. The van der Waals surface area contributed by atoms with Crippen LogP contribution in [0.1, 0.15) is 22.2 Å². The summed E-state index contributed by atoms with van der Waals surface area (Å²) in [6.45, 7) is 5.00. The lowest BCUT2D eigenvalue weighted by Gasteiger charge is -2.33. The molecule has 0 unspecified atom stereocenters. The zero-order chi connectivity index (χ0) is 15.5. The van der Waals surface area contributed by atoms with Crippen LogP contribution in [-0.4, -0.2) is 62.0 Å². The van der Waals surface area contributed by atoms with E-state index >= 15 is 0 Å². The number of H-pyrrole nitrogens is 1. The van der Waals surface area contributed by atoms with E-state index in [1.54, 1.807) is 11.8 Å². The Balaban J connectivity index is 1.56. The predicted molar refractivity (Wildman–Crippen MR) is 75.1 cm³/mol. The van der Waals surface area contributed by atoms with Gasteiger partial charge in [-0.15, -0.1) is 0 Å². The Labute approximate surface area is 126 Å². The molecule has 9 nitrogen and oxygen atoms in total.